The number of hydrogen-bond acceptors (Lipinski definition) is 4. The van der Waals surface area contributed by atoms with E-state index in [-0.39, 0.29) is 5.56 Å². The third kappa shape index (κ3) is 0.675. The number of aromatic amines is 2. The van der Waals surface area contributed by atoms with Crippen LogP contribution in [0, 0.1) is 0 Å². The minimum absolute atomic E-state index is 0.203. The SMILES string of the molecule is O=c1c2[nH]cnc2nc2[nH]ncn12. The zero-order valence-electron chi connectivity index (χ0n) is 6.35. The monoisotopic (exact) mass is 176 g/mol. The Balaban J connectivity index is 2.76. The van der Waals surface area contributed by atoms with Crippen LogP contribution in [-0.4, -0.2) is 29.5 Å². The molecule has 3 rings (SSSR count). The molecule has 0 unspecified atom stereocenters. The zero-order valence-corrected chi connectivity index (χ0v) is 6.35. The first-order valence-electron chi connectivity index (χ1n) is 3.61. The minimum atomic E-state index is -0.203. The van der Waals surface area contributed by atoms with Gasteiger partial charge >= 0.3 is 0 Å². The summed E-state index contributed by atoms with van der Waals surface area (Å²) >= 11 is 0. The van der Waals surface area contributed by atoms with Crippen molar-refractivity contribution in [3.63, 3.8) is 0 Å². The predicted octanol–water partition coefficient (Wildman–Crippen LogP) is -0.706. The van der Waals surface area contributed by atoms with E-state index in [4.69, 9.17) is 0 Å². The van der Waals surface area contributed by atoms with Crippen LogP contribution < -0.4 is 5.56 Å². The smallest absolute Gasteiger partial charge is 0.286 e. The Morgan fingerprint density at radius 2 is 2.38 bits per heavy atom. The lowest BCUT2D eigenvalue weighted by Crippen LogP contribution is -2.13. The molecule has 3 aromatic rings. The van der Waals surface area contributed by atoms with Crippen molar-refractivity contribution in [3.8, 4) is 0 Å². The summed E-state index contributed by atoms with van der Waals surface area (Å²) in [4.78, 5) is 22.3. The summed E-state index contributed by atoms with van der Waals surface area (Å²) in [7, 11) is 0. The van der Waals surface area contributed by atoms with Crippen LogP contribution in [0.5, 0.6) is 0 Å². The second-order valence-electron chi connectivity index (χ2n) is 2.57. The molecule has 0 saturated carbocycles. The van der Waals surface area contributed by atoms with Gasteiger partial charge in [0.25, 0.3) is 5.56 Å². The highest BCUT2D eigenvalue weighted by molar-refractivity contribution is 5.70. The lowest BCUT2D eigenvalue weighted by atomic mass is 10.5. The molecule has 0 fully saturated rings. The summed E-state index contributed by atoms with van der Waals surface area (Å²) in [5.74, 6) is 0.393. The van der Waals surface area contributed by atoms with Gasteiger partial charge in [0.2, 0.25) is 5.78 Å². The van der Waals surface area contributed by atoms with E-state index >= 15 is 0 Å². The fourth-order valence-corrected chi connectivity index (χ4v) is 1.23. The first-order valence-corrected chi connectivity index (χ1v) is 3.61. The van der Waals surface area contributed by atoms with Crippen LogP contribution in [0.3, 0.4) is 0 Å². The summed E-state index contributed by atoms with van der Waals surface area (Å²) in [6.45, 7) is 0. The largest absolute Gasteiger partial charge is 0.339 e. The average Bonchev–Trinajstić information content (AvgIpc) is 2.71. The van der Waals surface area contributed by atoms with Gasteiger partial charge in [-0.1, -0.05) is 0 Å². The fraction of sp³-hybridized carbons (Fsp3) is 0. The van der Waals surface area contributed by atoms with Crippen molar-refractivity contribution in [2.24, 2.45) is 0 Å². The lowest BCUT2D eigenvalue weighted by molar-refractivity contribution is 1.08. The van der Waals surface area contributed by atoms with Gasteiger partial charge in [-0.3, -0.25) is 4.79 Å². The summed E-state index contributed by atoms with van der Waals surface area (Å²) in [6, 6.07) is 0. The topological polar surface area (TPSA) is 91.7 Å². The van der Waals surface area contributed by atoms with Gasteiger partial charge in [-0.25, -0.2) is 14.5 Å². The number of nitrogens with one attached hydrogen (secondary N) is 2. The summed E-state index contributed by atoms with van der Waals surface area (Å²) in [5, 5.41) is 6.29. The van der Waals surface area contributed by atoms with Gasteiger partial charge in [-0.15, -0.1) is 0 Å². The molecule has 0 aliphatic heterocycles. The number of hydrogen-bond donors (Lipinski definition) is 2. The van der Waals surface area contributed by atoms with E-state index in [0.29, 0.717) is 16.9 Å². The van der Waals surface area contributed by atoms with E-state index in [1.807, 2.05) is 0 Å². The molecule has 0 atom stereocenters. The molecule has 13 heavy (non-hydrogen) atoms. The first kappa shape index (κ1) is 6.35. The molecule has 7 nitrogen and oxygen atoms in total. The Morgan fingerprint density at radius 1 is 1.46 bits per heavy atom. The third-order valence-corrected chi connectivity index (χ3v) is 1.83. The van der Waals surface area contributed by atoms with E-state index in [1.54, 1.807) is 0 Å². The standard InChI is InChI=1S/C6H4N6O/c13-5-3-4(8-1-7-3)10-6-11-9-2-12(5)6/h1-2H,(H,7,8)(H,10,11). The number of fused-ring (bicyclic) bond motifs is 2. The summed E-state index contributed by atoms with van der Waals surface area (Å²) in [5.41, 5.74) is 0.583. The number of aromatic nitrogens is 6. The van der Waals surface area contributed by atoms with Gasteiger partial charge in [0, 0.05) is 0 Å². The van der Waals surface area contributed by atoms with Crippen LogP contribution in [0.2, 0.25) is 0 Å². The highest BCUT2D eigenvalue weighted by Gasteiger charge is 2.07. The van der Waals surface area contributed by atoms with Crippen molar-refractivity contribution >= 4 is 16.9 Å². The second-order valence-corrected chi connectivity index (χ2v) is 2.57. The zero-order chi connectivity index (χ0) is 8.84. The van der Waals surface area contributed by atoms with E-state index in [2.05, 4.69) is 25.1 Å². The normalized spacial score (nSPS) is 11.4. The van der Waals surface area contributed by atoms with Crippen molar-refractivity contribution in [2.45, 2.75) is 0 Å². The molecule has 0 aromatic carbocycles. The Kier molecular flexibility index (Phi) is 0.950. The van der Waals surface area contributed by atoms with Crippen LogP contribution in [-0.2, 0) is 0 Å². The molecule has 0 radical (unpaired) electrons. The molecule has 3 aromatic heterocycles. The lowest BCUT2D eigenvalue weighted by Gasteiger charge is -1.89. The van der Waals surface area contributed by atoms with E-state index in [9.17, 15) is 4.79 Å². The maximum absolute atomic E-state index is 11.6. The highest BCUT2D eigenvalue weighted by atomic mass is 16.1. The molecular formula is C6H4N6O. The number of imidazole rings is 1. The van der Waals surface area contributed by atoms with Gasteiger partial charge in [0.15, 0.2) is 11.2 Å². The first-order chi connectivity index (χ1) is 6.36. The molecule has 7 heteroatoms. The quantitative estimate of drug-likeness (QED) is 0.473. The number of H-pyrrole nitrogens is 2. The molecule has 0 spiro atoms. The Morgan fingerprint density at radius 3 is 3.31 bits per heavy atom. The van der Waals surface area contributed by atoms with Crippen molar-refractivity contribution in [2.75, 3.05) is 0 Å². The van der Waals surface area contributed by atoms with Crippen LogP contribution in [0.15, 0.2) is 17.4 Å². The molecule has 0 aliphatic rings. The molecule has 2 N–H and O–H groups in total. The highest BCUT2D eigenvalue weighted by Crippen LogP contribution is 2.00. The maximum Gasteiger partial charge on any atom is 0.286 e. The predicted molar refractivity (Wildman–Crippen MR) is 43.3 cm³/mol. The molecular weight excluding hydrogens is 172 g/mol. The van der Waals surface area contributed by atoms with Gasteiger partial charge in [0.1, 0.15) is 6.33 Å². The Bertz CT molecular complexity index is 579. The van der Waals surface area contributed by atoms with Gasteiger partial charge < -0.3 is 4.98 Å². The number of rotatable bonds is 0. The third-order valence-electron chi connectivity index (χ3n) is 1.83. The van der Waals surface area contributed by atoms with E-state index in [0.717, 1.165) is 0 Å². The number of nitrogens with zero attached hydrogens (tertiary/aromatic N) is 4. The molecule has 0 amide bonds. The second kappa shape index (κ2) is 1.94. The van der Waals surface area contributed by atoms with Crippen LogP contribution in [0.25, 0.3) is 16.9 Å². The van der Waals surface area contributed by atoms with Crippen molar-refractivity contribution in [1.82, 2.24) is 29.5 Å². The maximum atomic E-state index is 11.6. The van der Waals surface area contributed by atoms with Crippen LogP contribution in [0.1, 0.15) is 0 Å². The summed E-state index contributed by atoms with van der Waals surface area (Å²) in [6.07, 6.45) is 2.82. The van der Waals surface area contributed by atoms with Gasteiger partial charge in [-0.2, -0.15) is 10.1 Å². The molecule has 0 saturated heterocycles. The Labute approximate surface area is 70.4 Å². The van der Waals surface area contributed by atoms with Gasteiger partial charge in [0.05, 0.1) is 6.33 Å². The van der Waals surface area contributed by atoms with E-state index < -0.39 is 0 Å². The minimum Gasteiger partial charge on any atom is -0.339 e. The fourth-order valence-electron chi connectivity index (χ4n) is 1.23. The molecule has 0 bridgehead atoms. The molecule has 3 heterocycles. The van der Waals surface area contributed by atoms with Crippen LogP contribution >= 0.6 is 0 Å². The van der Waals surface area contributed by atoms with Gasteiger partial charge in [-0.05, 0) is 0 Å². The van der Waals surface area contributed by atoms with Crippen LogP contribution in [0.4, 0.5) is 0 Å². The summed E-state index contributed by atoms with van der Waals surface area (Å²) < 4.78 is 1.32. The van der Waals surface area contributed by atoms with Crippen molar-refractivity contribution in [1.29, 1.82) is 0 Å². The van der Waals surface area contributed by atoms with Crippen molar-refractivity contribution in [3.05, 3.63) is 23.0 Å². The Hall–Kier alpha value is -2.18. The molecule has 0 aliphatic carbocycles. The van der Waals surface area contributed by atoms with E-state index in [1.165, 1.54) is 17.1 Å². The molecule has 64 valence electrons. The van der Waals surface area contributed by atoms with Crippen molar-refractivity contribution < 1.29 is 0 Å². The average molecular weight is 176 g/mol.